The van der Waals surface area contributed by atoms with Gasteiger partial charge in [0.25, 0.3) is 0 Å². The molecule has 0 saturated heterocycles. The van der Waals surface area contributed by atoms with Crippen LogP contribution < -0.4 is 5.11 Å². The third kappa shape index (κ3) is 16.2. The Labute approximate surface area is 99.1 Å². The zero-order valence-electron chi connectivity index (χ0n) is 9.50. The molecule has 0 atom stereocenters. The molecule has 0 spiro atoms. The third-order valence-electron chi connectivity index (χ3n) is 0.887. The van der Waals surface area contributed by atoms with E-state index in [1.165, 1.54) is 0 Å². The molecule has 0 saturated carbocycles. The molecular weight excluding hydrogens is 244 g/mol. The van der Waals surface area contributed by atoms with Crippen molar-refractivity contribution in [1.82, 2.24) is 0 Å². The summed E-state index contributed by atoms with van der Waals surface area (Å²) >= 11 is -0.245. The van der Waals surface area contributed by atoms with E-state index in [1.54, 1.807) is 0 Å². The summed E-state index contributed by atoms with van der Waals surface area (Å²) in [7, 11) is 0. The summed E-state index contributed by atoms with van der Waals surface area (Å²) in [6, 6.07) is 0. The number of alkyl halides is 3. The zero-order chi connectivity index (χ0) is 13.4. The van der Waals surface area contributed by atoms with Crippen LogP contribution in [0.15, 0.2) is 0 Å². The van der Waals surface area contributed by atoms with E-state index in [2.05, 4.69) is 0 Å². The number of carboxylic acids is 1. The van der Waals surface area contributed by atoms with Crippen LogP contribution in [0, 0.1) is 0 Å². The van der Waals surface area contributed by atoms with Gasteiger partial charge in [0.05, 0.1) is 0 Å². The Morgan fingerprint density at radius 3 is 1.50 bits per heavy atom. The largest absolute Gasteiger partial charge is 0.542 e. The van der Waals surface area contributed by atoms with Crippen molar-refractivity contribution in [1.29, 1.82) is 0 Å². The van der Waals surface area contributed by atoms with Crippen molar-refractivity contribution in [3.63, 3.8) is 0 Å². The molecule has 0 aromatic carbocycles. The fraction of sp³-hybridized carbons (Fsp3) is 0.875. The molecule has 0 aromatic rings. The van der Waals surface area contributed by atoms with E-state index in [1.807, 2.05) is 27.7 Å². The predicted molar refractivity (Wildman–Crippen MR) is 49.3 cm³/mol. The minimum atomic E-state index is -5.19. The Morgan fingerprint density at radius 2 is 1.38 bits per heavy atom. The Bertz CT molecular complexity index is 186. The second-order valence-electron chi connectivity index (χ2n) is 3.25. The molecule has 0 aliphatic rings. The molecule has 0 aliphatic heterocycles. The van der Waals surface area contributed by atoms with E-state index in [4.69, 9.17) is 17.5 Å². The molecule has 0 N–H and O–H groups in total. The normalized spacial score (nSPS) is 10.8. The summed E-state index contributed by atoms with van der Waals surface area (Å²) in [6.07, 6.45) is -4.59. The topological polar surface area (TPSA) is 58.6 Å². The fourth-order valence-electron chi connectivity index (χ4n) is 0.254. The van der Waals surface area contributed by atoms with Crippen molar-refractivity contribution in [2.24, 2.45) is 0 Å². The second-order valence-corrected chi connectivity index (χ2v) is 3.99. The standard InChI is InChI=1S/2C3H7O.C2HF3O2.Al/c2*1-3(2)4;3-2(4,5)1(6)7;/h2*3H,1-2H3;(H,6,7);/q2*-1;;+3/p-1. The van der Waals surface area contributed by atoms with Crippen LogP contribution in [-0.2, 0) is 12.4 Å². The van der Waals surface area contributed by atoms with Gasteiger partial charge in [0.15, 0.2) is 0 Å². The number of carboxylic acid groups (broad SMARTS) is 1. The van der Waals surface area contributed by atoms with Crippen LogP contribution in [0.25, 0.3) is 0 Å². The minimum absolute atomic E-state index is 0.245. The second kappa shape index (κ2) is 8.82. The first-order valence-electron chi connectivity index (χ1n) is 4.48. The molecular formula is C8H14AlF3O4. The number of halogens is 3. The van der Waals surface area contributed by atoms with Gasteiger partial charge in [0.2, 0.25) is 0 Å². The van der Waals surface area contributed by atoms with Crippen LogP contribution in [0.1, 0.15) is 27.7 Å². The summed E-state index contributed by atoms with van der Waals surface area (Å²) in [5, 5.41) is 8.78. The van der Waals surface area contributed by atoms with Gasteiger partial charge in [0.1, 0.15) is 5.97 Å². The molecule has 8 heteroatoms. The summed E-state index contributed by atoms with van der Waals surface area (Å²) in [5.41, 5.74) is 0. The maximum absolute atomic E-state index is 10.5. The summed E-state index contributed by atoms with van der Waals surface area (Å²) < 4.78 is 42.0. The number of carbonyl (C=O) groups is 1. The summed E-state index contributed by atoms with van der Waals surface area (Å²) in [5.74, 6) is -3.01. The third-order valence-corrected chi connectivity index (χ3v) is 2.20. The van der Waals surface area contributed by atoms with E-state index in [0.717, 1.165) is 0 Å². The van der Waals surface area contributed by atoms with Gasteiger partial charge in [-0.2, -0.15) is 13.2 Å². The molecule has 0 rings (SSSR count). The molecule has 0 heterocycles. The SMILES string of the molecule is CC(C)[O][Al+][O]C(C)C.O=C([O-])C(F)(F)F. The Balaban J connectivity index is 0. The molecule has 0 fully saturated rings. The number of hydrogen-bond donors (Lipinski definition) is 0. The maximum atomic E-state index is 10.5. The van der Waals surface area contributed by atoms with Gasteiger partial charge in [0, 0.05) is 0 Å². The van der Waals surface area contributed by atoms with Gasteiger partial charge in [-0.3, -0.25) is 0 Å². The molecule has 4 nitrogen and oxygen atoms in total. The Kier molecular flexibility index (Phi) is 9.97. The van der Waals surface area contributed by atoms with Crippen molar-refractivity contribution in [3.05, 3.63) is 0 Å². The molecule has 0 amide bonds. The van der Waals surface area contributed by atoms with Crippen molar-refractivity contribution in [3.8, 4) is 0 Å². The molecule has 0 aromatic heterocycles. The van der Waals surface area contributed by atoms with Gasteiger partial charge in [-0.1, -0.05) is 0 Å². The van der Waals surface area contributed by atoms with Crippen molar-refractivity contribution < 1.29 is 30.6 Å². The number of carbonyl (C=O) groups excluding carboxylic acids is 1. The summed E-state index contributed by atoms with van der Waals surface area (Å²) in [4.78, 5) is 8.78. The van der Waals surface area contributed by atoms with Gasteiger partial charge < -0.3 is 9.90 Å². The Hall–Kier alpha value is -0.288. The van der Waals surface area contributed by atoms with E-state index < -0.39 is 12.1 Å². The van der Waals surface area contributed by atoms with E-state index >= 15 is 0 Å². The first-order chi connectivity index (χ1) is 7.07. The van der Waals surface area contributed by atoms with Crippen LogP contribution >= 0.6 is 0 Å². The average molecular weight is 258 g/mol. The maximum Gasteiger partial charge on any atom is 0.430 e. The first kappa shape index (κ1) is 18.1. The first-order valence-corrected chi connectivity index (χ1v) is 5.42. The van der Waals surface area contributed by atoms with Gasteiger partial charge in [-0.25, -0.2) is 0 Å². The zero-order valence-corrected chi connectivity index (χ0v) is 10.7. The number of aliphatic carboxylic acids is 1. The van der Waals surface area contributed by atoms with Gasteiger partial charge in [-0.05, 0) is 0 Å². The monoisotopic (exact) mass is 258 g/mol. The van der Waals surface area contributed by atoms with Gasteiger partial charge >= 0.3 is 69.5 Å². The summed E-state index contributed by atoms with van der Waals surface area (Å²) in [6.45, 7) is 8.04. The Morgan fingerprint density at radius 1 is 1.12 bits per heavy atom. The van der Waals surface area contributed by atoms with Crippen molar-refractivity contribution >= 4 is 21.9 Å². The van der Waals surface area contributed by atoms with E-state index in [-0.39, 0.29) is 15.9 Å². The van der Waals surface area contributed by atoms with E-state index in [9.17, 15) is 13.2 Å². The number of hydrogen-bond acceptors (Lipinski definition) is 4. The molecule has 94 valence electrons. The van der Waals surface area contributed by atoms with Crippen molar-refractivity contribution in [2.75, 3.05) is 0 Å². The van der Waals surface area contributed by atoms with Gasteiger partial charge in [-0.15, -0.1) is 0 Å². The average Bonchev–Trinajstić information content (AvgIpc) is 2.01. The predicted octanol–water partition coefficient (Wildman–Crippen LogP) is 0.669. The molecule has 0 unspecified atom stereocenters. The fourth-order valence-corrected chi connectivity index (χ4v) is 0.763. The molecule has 0 bridgehead atoms. The smallest absolute Gasteiger partial charge is 0.430 e. The molecule has 0 radical (unpaired) electrons. The van der Waals surface area contributed by atoms with E-state index in [0.29, 0.717) is 12.2 Å². The molecule has 0 aliphatic carbocycles. The quantitative estimate of drug-likeness (QED) is 0.695. The van der Waals surface area contributed by atoms with Crippen LogP contribution in [0.5, 0.6) is 0 Å². The minimum Gasteiger partial charge on any atom is -0.542 e. The van der Waals surface area contributed by atoms with Crippen LogP contribution in [0.4, 0.5) is 13.2 Å². The van der Waals surface area contributed by atoms with Crippen molar-refractivity contribution in [2.45, 2.75) is 46.1 Å². The van der Waals surface area contributed by atoms with Crippen LogP contribution in [0.2, 0.25) is 0 Å². The molecule has 16 heavy (non-hydrogen) atoms. The van der Waals surface area contributed by atoms with Crippen LogP contribution in [0.3, 0.4) is 0 Å². The van der Waals surface area contributed by atoms with Crippen LogP contribution in [-0.4, -0.2) is 40.2 Å². The number of rotatable bonds is 4.